The van der Waals surface area contributed by atoms with Crippen LogP contribution in [0.2, 0.25) is 0 Å². The normalized spacial score (nSPS) is 19.8. The molecule has 0 saturated carbocycles. The molecule has 1 amide bonds. The number of hydrogen-bond acceptors (Lipinski definition) is 3. The first-order valence-corrected chi connectivity index (χ1v) is 7.77. The lowest BCUT2D eigenvalue weighted by Gasteiger charge is -2.29. The van der Waals surface area contributed by atoms with Crippen molar-refractivity contribution in [3.63, 3.8) is 0 Å². The predicted molar refractivity (Wildman–Crippen MR) is 85.6 cm³/mol. The largest absolute Gasteiger partial charge is 0.392 e. The van der Waals surface area contributed by atoms with Crippen LogP contribution in [0, 0.1) is 6.92 Å². The van der Waals surface area contributed by atoms with E-state index in [1.807, 2.05) is 24.0 Å². The lowest BCUT2D eigenvalue weighted by molar-refractivity contribution is -0.118. The van der Waals surface area contributed by atoms with Crippen LogP contribution in [-0.2, 0) is 4.79 Å². The first kappa shape index (κ1) is 16.0. The fourth-order valence-corrected chi connectivity index (χ4v) is 2.90. The lowest BCUT2D eigenvalue weighted by Crippen LogP contribution is -2.42. The summed E-state index contributed by atoms with van der Waals surface area (Å²) in [6.07, 6.45) is 1.50. The molecule has 1 aromatic rings. The first-order valence-electron chi connectivity index (χ1n) is 7.77. The average molecular weight is 290 g/mol. The third-order valence-electron chi connectivity index (χ3n) is 4.04. The van der Waals surface area contributed by atoms with E-state index in [0.29, 0.717) is 19.0 Å². The fraction of sp³-hybridized carbons (Fsp3) is 0.588. The zero-order valence-corrected chi connectivity index (χ0v) is 13.2. The number of aliphatic hydroxyl groups is 1. The van der Waals surface area contributed by atoms with Crippen molar-refractivity contribution in [2.24, 2.45) is 0 Å². The molecular weight excluding hydrogens is 264 g/mol. The number of aryl methyl sites for hydroxylation is 1. The molecule has 0 spiro atoms. The Kier molecular flexibility index (Phi) is 5.37. The van der Waals surface area contributed by atoms with Gasteiger partial charge in [-0.05, 0) is 43.4 Å². The molecule has 2 rings (SSSR count). The van der Waals surface area contributed by atoms with Crippen molar-refractivity contribution in [1.82, 2.24) is 4.90 Å². The van der Waals surface area contributed by atoms with Crippen LogP contribution in [0.15, 0.2) is 18.2 Å². The number of amides is 1. The summed E-state index contributed by atoms with van der Waals surface area (Å²) < 4.78 is 0. The summed E-state index contributed by atoms with van der Waals surface area (Å²) in [6, 6.07) is 6.12. The van der Waals surface area contributed by atoms with Crippen LogP contribution < -0.4 is 5.32 Å². The maximum absolute atomic E-state index is 12.3. The Bertz CT molecular complexity index is 500. The molecule has 0 radical (unpaired) electrons. The topological polar surface area (TPSA) is 52.6 Å². The van der Waals surface area contributed by atoms with Gasteiger partial charge in [0.2, 0.25) is 5.91 Å². The molecule has 1 aliphatic rings. The van der Waals surface area contributed by atoms with Crippen LogP contribution in [0.1, 0.15) is 43.7 Å². The number of aliphatic hydroxyl groups excluding tert-OH is 1. The highest BCUT2D eigenvalue weighted by Crippen LogP contribution is 2.27. The molecule has 0 aliphatic carbocycles. The highest BCUT2D eigenvalue weighted by Gasteiger charge is 2.20. The van der Waals surface area contributed by atoms with Gasteiger partial charge in [0.1, 0.15) is 0 Å². The average Bonchev–Trinajstić information content (AvgIpc) is 2.40. The van der Waals surface area contributed by atoms with Gasteiger partial charge in [-0.25, -0.2) is 0 Å². The van der Waals surface area contributed by atoms with E-state index in [9.17, 15) is 9.90 Å². The highest BCUT2D eigenvalue weighted by molar-refractivity contribution is 5.93. The van der Waals surface area contributed by atoms with Gasteiger partial charge in [-0.2, -0.15) is 0 Å². The molecule has 1 heterocycles. The van der Waals surface area contributed by atoms with Crippen LogP contribution in [0.4, 0.5) is 5.69 Å². The number of nitrogens with one attached hydrogen (secondary N) is 1. The van der Waals surface area contributed by atoms with Gasteiger partial charge in [0.25, 0.3) is 0 Å². The van der Waals surface area contributed by atoms with Gasteiger partial charge in [-0.15, -0.1) is 0 Å². The third kappa shape index (κ3) is 4.29. The van der Waals surface area contributed by atoms with E-state index in [2.05, 4.69) is 25.2 Å². The number of nitrogens with zero attached hydrogens (tertiary/aromatic N) is 1. The second kappa shape index (κ2) is 7.05. The molecule has 4 heteroatoms. The number of carbonyl (C=O) groups is 1. The summed E-state index contributed by atoms with van der Waals surface area (Å²) in [5, 5.41) is 12.7. The van der Waals surface area contributed by atoms with Crippen LogP contribution in [0.25, 0.3) is 0 Å². The smallest absolute Gasteiger partial charge is 0.238 e. The second-order valence-corrected chi connectivity index (χ2v) is 6.27. The van der Waals surface area contributed by atoms with Crippen molar-refractivity contribution >= 4 is 11.6 Å². The molecule has 1 aromatic carbocycles. The Hall–Kier alpha value is -1.39. The van der Waals surface area contributed by atoms with Crippen molar-refractivity contribution in [3.8, 4) is 0 Å². The molecule has 0 aromatic heterocycles. The highest BCUT2D eigenvalue weighted by atomic mass is 16.3. The molecule has 1 saturated heterocycles. The first-order chi connectivity index (χ1) is 9.97. The molecule has 1 unspecified atom stereocenters. The molecule has 2 N–H and O–H groups in total. The number of anilines is 1. The number of β-amino-alcohol motifs (C(OH)–C–C–N with tert-alkyl or cyclic N) is 1. The molecule has 21 heavy (non-hydrogen) atoms. The Morgan fingerprint density at radius 2 is 2.24 bits per heavy atom. The van der Waals surface area contributed by atoms with Gasteiger partial charge in [-0.1, -0.05) is 32.0 Å². The fourth-order valence-electron chi connectivity index (χ4n) is 2.90. The van der Waals surface area contributed by atoms with Crippen molar-refractivity contribution in [2.75, 3.05) is 25.0 Å². The van der Waals surface area contributed by atoms with Crippen LogP contribution in [-0.4, -0.2) is 41.7 Å². The van der Waals surface area contributed by atoms with Crippen molar-refractivity contribution in [2.45, 2.75) is 45.6 Å². The van der Waals surface area contributed by atoms with Crippen LogP contribution >= 0.6 is 0 Å². The van der Waals surface area contributed by atoms with Crippen molar-refractivity contribution < 1.29 is 9.90 Å². The van der Waals surface area contributed by atoms with Gasteiger partial charge in [0.15, 0.2) is 0 Å². The van der Waals surface area contributed by atoms with Crippen LogP contribution in [0.3, 0.4) is 0 Å². The predicted octanol–water partition coefficient (Wildman–Crippen LogP) is 2.51. The summed E-state index contributed by atoms with van der Waals surface area (Å²) in [4.78, 5) is 14.3. The number of carbonyl (C=O) groups excluding carboxylic acids is 1. The van der Waals surface area contributed by atoms with Gasteiger partial charge in [0, 0.05) is 12.2 Å². The molecular formula is C17H26N2O2. The molecule has 1 fully saturated rings. The van der Waals surface area contributed by atoms with E-state index in [0.717, 1.165) is 30.6 Å². The molecule has 0 bridgehead atoms. The van der Waals surface area contributed by atoms with E-state index in [1.54, 1.807) is 0 Å². The Morgan fingerprint density at radius 1 is 1.48 bits per heavy atom. The summed E-state index contributed by atoms with van der Waals surface area (Å²) in [5.41, 5.74) is 3.20. The SMILES string of the molecule is Cc1cccc(C(C)C)c1NC(=O)CN1CCCC(O)C1. The van der Waals surface area contributed by atoms with Crippen LogP contribution in [0.5, 0.6) is 0 Å². The van der Waals surface area contributed by atoms with Gasteiger partial charge >= 0.3 is 0 Å². The maximum Gasteiger partial charge on any atom is 0.238 e. The summed E-state index contributed by atoms with van der Waals surface area (Å²) in [5.74, 6) is 0.373. The van der Waals surface area contributed by atoms with Gasteiger partial charge in [0.05, 0.1) is 12.6 Å². The summed E-state index contributed by atoms with van der Waals surface area (Å²) >= 11 is 0. The van der Waals surface area contributed by atoms with E-state index in [4.69, 9.17) is 0 Å². The Balaban J connectivity index is 2.02. The number of benzene rings is 1. The number of hydrogen-bond donors (Lipinski definition) is 2. The third-order valence-corrected chi connectivity index (χ3v) is 4.04. The summed E-state index contributed by atoms with van der Waals surface area (Å²) in [6.45, 7) is 8.11. The van der Waals surface area contributed by atoms with Crippen molar-refractivity contribution in [3.05, 3.63) is 29.3 Å². The minimum Gasteiger partial charge on any atom is -0.392 e. The van der Waals surface area contributed by atoms with E-state index in [1.165, 1.54) is 5.56 Å². The quantitative estimate of drug-likeness (QED) is 0.896. The minimum atomic E-state index is -0.295. The van der Waals surface area contributed by atoms with Crippen molar-refractivity contribution in [1.29, 1.82) is 0 Å². The molecule has 116 valence electrons. The second-order valence-electron chi connectivity index (χ2n) is 6.27. The molecule has 1 aliphatic heterocycles. The number of rotatable bonds is 4. The zero-order valence-electron chi connectivity index (χ0n) is 13.2. The number of piperidine rings is 1. The standard InChI is InChI=1S/C17H26N2O2/c1-12(2)15-8-4-6-13(3)17(15)18-16(21)11-19-9-5-7-14(20)10-19/h4,6,8,12,14,20H,5,7,9-11H2,1-3H3,(H,18,21). The zero-order chi connectivity index (χ0) is 15.4. The maximum atomic E-state index is 12.3. The van der Waals surface area contributed by atoms with Gasteiger partial charge < -0.3 is 10.4 Å². The number of likely N-dealkylation sites (tertiary alicyclic amines) is 1. The number of para-hydroxylation sites is 1. The Morgan fingerprint density at radius 3 is 2.90 bits per heavy atom. The van der Waals surface area contributed by atoms with Gasteiger partial charge in [-0.3, -0.25) is 9.69 Å². The summed E-state index contributed by atoms with van der Waals surface area (Å²) in [7, 11) is 0. The van der Waals surface area contributed by atoms with E-state index < -0.39 is 0 Å². The lowest BCUT2D eigenvalue weighted by atomic mass is 9.98. The molecule has 4 nitrogen and oxygen atoms in total. The van der Waals surface area contributed by atoms with E-state index in [-0.39, 0.29) is 12.0 Å². The Labute approximate surface area is 127 Å². The monoisotopic (exact) mass is 290 g/mol. The van der Waals surface area contributed by atoms with E-state index >= 15 is 0 Å². The molecule has 1 atom stereocenters. The minimum absolute atomic E-state index is 0.000278.